The number of benzene rings is 2. The summed E-state index contributed by atoms with van der Waals surface area (Å²) in [7, 11) is 0. The summed E-state index contributed by atoms with van der Waals surface area (Å²) in [6.07, 6.45) is 8.49. The highest BCUT2D eigenvalue weighted by atomic mass is 16.5. The third-order valence-electron chi connectivity index (χ3n) is 5.83. The summed E-state index contributed by atoms with van der Waals surface area (Å²) in [6, 6.07) is 15.4. The molecule has 2 aromatic carbocycles. The number of aromatic nitrogens is 2. The van der Waals surface area contributed by atoms with Crippen LogP contribution in [0.25, 0.3) is 0 Å². The smallest absolute Gasteiger partial charge is 0.120 e. The van der Waals surface area contributed by atoms with Crippen LogP contribution in [0.3, 0.4) is 0 Å². The number of hydrogen-bond acceptors (Lipinski definition) is 5. The monoisotopic (exact) mass is 421 g/mol. The van der Waals surface area contributed by atoms with E-state index >= 15 is 0 Å². The molecule has 1 aliphatic rings. The zero-order chi connectivity index (χ0) is 21.6. The molecule has 1 saturated carbocycles. The molecule has 164 valence electrons. The topological polar surface area (TPSA) is 79.5 Å². The molecule has 1 aromatic heterocycles. The fraction of sp³-hybridized carbons (Fsp3) is 0.400. The first-order valence-corrected chi connectivity index (χ1v) is 11.0. The van der Waals surface area contributed by atoms with E-state index in [2.05, 4.69) is 22.4 Å². The van der Waals surface area contributed by atoms with E-state index in [1.807, 2.05) is 47.2 Å². The van der Waals surface area contributed by atoms with E-state index in [0.717, 1.165) is 35.4 Å². The minimum Gasteiger partial charge on any atom is -0.490 e. The number of nitrogens with one attached hydrogen (secondary N) is 1. The lowest BCUT2D eigenvalue weighted by Crippen LogP contribution is -2.34. The molecule has 1 heterocycles. The van der Waals surface area contributed by atoms with Crippen molar-refractivity contribution in [3.05, 3.63) is 78.4 Å². The first kappa shape index (κ1) is 21.4. The van der Waals surface area contributed by atoms with E-state index in [0.29, 0.717) is 6.54 Å². The van der Waals surface area contributed by atoms with Crippen molar-refractivity contribution < 1.29 is 14.9 Å². The summed E-state index contributed by atoms with van der Waals surface area (Å²) >= 11 is 0. The number of aliphatic hydroxyl groups is 2. The Hall–Kier alpha value is -2.83. The number of imidazole rings is 1. The Morgan fingerprint density at radius 1 is 1.13 bits per heavy atom. The second-order valence-corrected chi connectivity index (χ2v) is 8.39. The quantitative estimate of drug-likeness (QED) is 0.484. The zero-order valence-electron chi connectivity index (χ0n) is 17.9. The van der Waals surface area contributed by atoms with E-state index < -0.39 is 18.2 Å². The van der Waals surface area contributed by atoms with Crippen LogP contribution in [0.1, 0.15) is 49.8 Å². The highest BCUT2D eigenvalue weighted by molar-refractivity contribution is 5.49. The summed E-state index contributed by atoms with van der Waals surface area (Å²) in [6.45, 7) is 2.32. The number of nitrogens with zero attached hydrogens (tertiary/aromatic N) is 2. The molecule has 31 heavy (non-hydrogen) atoms. The average Bonchev–Trinajstić information content (AvgIpc) is 3.46. The molecule has 6 nitrogen and oxygen atoms in total. The van der Waals surface area contributed by atoms with Crippen molar-refractivity contribution in [2.45, 2.75) is 63.5 Å². The number of hydrogen-bond donors (Lipinski definition) is 3. The van der Waals surface area contributed by atoms with Gasteiger partial charge >= 0.3 is 0 Å². The van der Waals surface area contributed by atoms with E-state index in [9.17, 15) is 10.2 Å². The van der Waals surface area contributed by atoms with Crippen molar-refractivity contribution in [2.75, 3.05) is 5.32 Å². The molecular formula is C25H31N3O3. The van der Waals surface area contributed by atoms with E-state index in [1.54, 1.807) is 19.4 Å². The summed E-state index contributed by atoms with van der Waals surface area (Å²) in [4.78, 5) is 4.09. The van der Waals surface area contributed by atoms with Gasteiger partial charge in [0.2, 0.25) is 0 Å². The molecule has 3 N–H and O–H groups in total. The molecule has 6 heteroatoms. The van der Waals surface area contributed by atoms with Crippen LogP contribution < -0.4 is 10.1 Å². The number of ether oxygens (including phenoxy) is 1. The molecule has 0 saturated heterocycles. The van der Waals surface area contributed by atoms with Crippen LogP contribution in [0.2, 0.25) is 0 Å². The fourth-order valence-corrected chi connectivity index (χ4v) is 4.15. The van der Waals surface area contributed by atoms with Crippen molar-refractivity contribution in [3.63, 3.8) is 0 Å². The molecule has 0 radical (unpaired) electrons. The van der Waals surface area contributed by atoms with Gasteiger partial charge in [-0.15, -0.1) is 0 Å². The summed E-state index contributed by atoms with van der Waals surface area (Å²) in [5.74, 6) is 0.808. The Morgan fingerprint density at radius 2 is 1.94 bits per heavy atom. The molecule has 0 amide bonds. The van der Waals surface area contributed by atoms with Crippen LogP contribution in [0.4, 0.5) is 5.69 Å². The summed E-state index contributed by atoms with van der Waals surface area (Å²) in [5, 5.41) is 24.3. The number of anilines is 1. The largest absolute Gasteiger partial charge is 0.490 e. The van der Waals surface area contributed by atoms with Gasteiger partial charge in [-0.1, -0.05) is 24.3 Å². The molecular weight excluding hydrogens is 390 g/mol. The van der Waals surface area contributed by atoms with Crippen LogP contribution in [0.15, 0.2) is 67.3 Å². The molecule has 0 bridgehead atoms. The van der Waals surface area contributed by atoms with Gasteiger partial charge in [-0.2, -0.15) is 0 Å². The minimum absolute atomic E-state index is 0.267. The highest BCUT2D eigenvalue weighted by Crippen LogP contribution is 2.30. The predicted molar refractivity (Wildman–Crippen MR) is 121 cm³/mol. The Balaban J connectivity index is 1.54. The predicted octanol–water partition coefficient (Wildman–Crippen LogP) is 4.15. The SMILES string of the molecule is C[C@H](O)[C@@H](O)[C@H](Nc1cccc(Cn2ccnc2)c1)c1cccc(OC2CCCC2)c1. The molecule has 0 unspecified atom stereocenters. The van der Waals surface area contributed by atoms with E-state index in [4.69, 9.17) is 4.74 Å². The highest BCUT2D eigenvalue weighted by Gasteiger charge is 2.26. The maximum atomic E-state index is 10.8. The van der Waals surface area contributed by atoms with Gasteiger partial charge in [-0.05, 0) is 68.0 Å². The van der Waals surface area contributed by atoms with Crippen LogP contribution in [-0.2, 0) is 6.54 Å². The van der Waals surface area contributed by atoms with Gasteiger partial charge < -0.3 is 24.8 Å². The lowest BCUT2D eigenvalue weighted by Gasteiger charge is -2.28. The number of rotatable bonds is 9. The maximum Gasteiger partial charge on any atom is 0.120 e. The van der Waals surface area contributed by atoms with Gasteiger partial charge in [0.25, 0.3) is 0 Å². The summed E-state index contributed by atoms with van der Waals surface area (Å²) in [5.41, 5.74) is 2.87. The second-order valence-electron chi connectivity index (χ2n) is 8.39. The van der Waals surface area contributed by atoms with Gasteiger partial charge in [-0.25, -0.2) is 4.98 Å². The molecule has 3 aromatic rings. The van der Waals surface area contributed by atoms with Gasteiger partial charge in [0.15, 0.2) is 0 Å². The lowest BCUT2D eigenvalue weighted by molar-refractivity contribution is 0.0189. The maximum absolute atomic E-state index is 10.8. The standard InChI is InChI=1S/C25H31N3O3/c1-18(29)25(30)24(20-7-5-11-23(15-20)31-22-9-2-3-10-22)27-21-8-4-6-19(14-21)16-28-13-12-26-17-28/h4-8,11-15,17-18,22,24-25,27,29-30H,2-3,9-10,16H2,1H3/t18-,24+,25+/m0/s1. The molecule has 1 fully saturated rings. The Bertz CT molecular complexity index is 952. The second kappa shape index (κ2) is 9.98. The van der Waals surface area contributed by atoms with Crippen molar-refractivity contribution in [1.82, 2.24) is 9.55 Å². The third kappa shape index (κ3) is 5.66. The number of aliphatic hydroxyl groups excluding tert-OH is 2. The van der Waals surface area contributed by atoms with Crippen LogP contribution in [-0.4, -0.2) is 38.1 Å². The van der Waals surface area contributed by atoms with Crippen molar-refractivity contribution >= 4 is 5.69 Å². The van der Waals surface area contributed by atoms with Gasteiger partial charge in [0, 0.05) is 24.6 Å². The Kier molecular flexibility index (Phi) is 6.89. The first-order valence-electron chi connectivity index (χ1n) is 11.0. The molecule has 1 aliphatic carbocycles. The first-order chi connectivity index (χ1) is 15.1. The van der Waals surface area contributed by atoms with Crippen molar-refractivity contribution in [1.29, 1.82) is 0 Å². The van der Waals surface area contributed by atoms with E-state index in [-0.39, 0.29) is 6.10 Å². The fourth-order valence-electron chi connectivity index (χ4n) is 4.15. The molecule has 0 spiro atoms. The Morgan fingerprint density at radius 3 is 2.68 bits per heavy atom. The van der Waals surface area contributed by atoms with Crippen molar-refractivity contribution in [3.8, 4) is 5.75 Å². The Labute approximate surface area is 183 Å². The van der Waals surface area contributed by atoms with Crippen LogP contribution in [0, 0.1) is 0 Å². The van der Waals surface area contributed by atoms with Gasteiger partial charge in [0.05, 0.1) is 24.6 Å². The summed E-state index contributed by atoms with van der Waals surface area (Å²) < 4.78 is 8.16. The molecule has 4 rings (SSSR count). The normalized spacial score (nSPS) is 17.3. The molecule has 3 atom stereocenters. The lowest BCUT2D eigenvalue weighted by atomic mass is 9.97. The van der Waals surface area contributed by atoms with Crippen molar-refractivity contribution in [2.24, 2.45) is 0 Å². The average molecular weight is 422 g/mol. The van der Waals surface area contributed by atoms with E-state index in [1.165, 1.54) is 12.8 Å². The zero-order valence-corrected chi connectivity index (χ0v) is 17.9. The third-order valence-corrected chi connectivity index (χ3v) is 5.83. The van der Waals surface area contributed by atoms with Crippen LogP contribution in [0.5, 0.6) is 5.75 Å². The minimum atomic E-state index is -0.973. The van der Waals surface area contributed by atoms with Gasteiger partial charge in [-0.3, -0.25) is 0 Å². The molecule has 0 aliphatic heterocycles. The van der Waals surface area contributed by atoms with Crippen LogP contribution >= 0.6 is 0 Å². The van der Waals surface area contributed by atoms with Gasteiger partial charge in [0.1, 0.15) is 11.9 Å².